The molecule has 5 rings (SSSR count). The van der Waals surface area contributed by atoms with Gasteiger partial charge in [-0.2, -0.15) is 0 Å². The predicted octanol–water partition coefficient (Wildman–Crippen LogP) is 3.08. The largest absolute Gasteiger partial charge is 0.454 e. The average Bonchev–Trinajstić information content (AvgIpc) is 3.43. The maximum absolute atomic E-state index is 11.6. The second-order valence-corrected chi connectivity index (χ2v) is 7.52. The van der Waals surface area contributed by atoms with Gasteiger partial charge in [0.05, 0.1) is 6.61 Å². The van der Waals surface area contributed by atoms with Crippen molar-refractivity contribution in [3.63, 3.8) is 0 Å². The Balaban J connectivity index is 1.36. The van der Waals surface area contributed by atoms with Gasteiger partial charge in [-0.25, -0.2) is 0 Å². The number of hydrogen-bond acceptors (Lipinski definition) is 7. The van der Waals surface area contributed by atoms with Gasteiger partial charge in [-0.15, -0.1) is 0 Å². The van der Waals surface area contributed by atoms with Gasteiger partial charge in [-0.05, 0) is 54.2 Å². The summed E-state index contributed by atoms with van der Waals surface area (Å²) in [4.78, 5) is 11.6. The summed E-state index contributed by atoms with van der Waals surface area (Å²) in [6.07, 6.45) is 0.949. The van der Waals surface area contributed by atoms with Gasteiger partial charge in [-0.3, -0.25) is 4.79 Å². The minimum absolute atomic E-state index is 0.0321. The summed E-state index contributed by atoms with van der Waals surface area (Å²) in [6, 6.07) is 11.9. The molecule has 1 saturated heterocycles. The van der Waals surface area contributed by atoms with Gasteiger partial charge < -0.3 is 28.4 Å². The zero-order valence-electron chi connectivity index (χ0n) is 16.1. The standard InChI is InChI=1S/C22H22O7/c1-13(23)29-22-17(7-15-3-5-19-21(9-15)28-12-26-19)16(10-24-22)6-14-2-4-18-20(8-14)27-11-25-18/h2-5,8-9,16-17,22H,6-7,10-12H2,1H3/t16-,17+,22?/m1/s1. The lowest BCUT2D eigenvalue weighted by atomic mass is 9.84. The van der Waals surface area contributed by atoms with E-state index in [-0.39, 0.29) is 31.4 Å². The summed E-state index contributed by atoms with van der Waals surface area (Å²) in [5, 5.41) is 0. The van der Waals surface area contributed by atoms with E-state index in [2.05, 4.69) is 0 Å². The van der Waals surface area contributed by atoms with Gasteiger partial charge in [0, 0.05) is 12.8 Å². The van der Waals surface area contributed by atoms with Crippen molar-refractivity contribution >= 4 is 5.97 Å². The SMILES string of the molecule is CC(=O)OC1OC[C@@H](Cc2ccc3c(c2)OCO3)[C@@H]1Cc1ccc2c(c1)OCO2. The first-order valence-corrected chi connectivity index (χ1v) is 9.71. The second-order valence-electron chi connectivity index (χ2n) is 7.52. The Labute approximate surface area is 168 Å². The molecule has 0 amide bonds. The molecule has 0 bridgehead atoms. The van der Waals surface area contributed by atoms with Gasteiger partial charge >= 0.3 is 5.97 Å². The van der Waals surface area contributed by atoms with Crippen molar-refractivity contribution in [3.8, 4) is 23.0 Å². The highest BCUT2D eigenvalue weighted by atomic mass is 16.7. The molecule has 2 aromatic rings. The minimum atomic E-state index is -0.558. The molecule has 3 aliphatic heterocycles. The van der Waals surface area contributed by atoms with E-state index in [0.29, 0.717) is 13.0 Å². The summed E-state index contributed by atoms with van der Waals surface area (Å²) < 4.78 is 33.1. The Morgan fingerprint density at radius 3 is 2.10 bits per heavy atom. The Kier molecular flexibility index (Phi) is 4.67. The van der Waals surface area contributed by atoms with Crippen molar-refractivity contribution in [2.24, 2.45) is 11.8 Å². The van der Waals surface area contributed by atoms with Crippen LogP contribution < -0.4 is 18.9 Å². The van der Waals surface area contributed by atoms with Gasteiger partial charge in [0.2, 0.25) is 19.9 Å². The topological polar surface area (TPSA) is 72.5 Å². The zero-order chi connectivity index (χ0) is 19.8. The molecular weight excluding hydrogens is 376 g/mol. The van der Waals surface area contributed by atoms with Crippen molar-refractivity contribution in [3.05, 3.63) is 47.5 Å². The fraction of sp³-hybridized carbons (Fsp3) is 0.409. The van der Waals surface area contributed by atoms with Crippen LogP contribution in [0, 0.1) is 11.8 Å². The number of benzene rings is 2. The van der Waals surface area contributed by atoms with E-state index in [1.54, 1.807) is 0 Å². The van der Waals surface area contributed by atoms with Crippen LogP contribution in [-0.4, -0.2) is 32.5 Å². The zero-order valence-corrected chi connectivity index (χ0v) is 16.1. The van der Waals surface area contributed by atoms with Crippen LogP contribution in [-0.2, 0) is 27.1 Å². The van der Waals surface area contributed by atoms with Crippen LogP contribution >= 0.6 is 0 Å². The molecule has 0 aliphatic carbocycles. The van der Waals surface area contributed by atoms with Crippen LogP contribution in [0.2, 0.25) is 0 Å². The molecule has 0 aromatic heterocycles. The normalized spacial score (nSPS) is 24.0. The molecule has 0 radical (unpaired) electrons. The van der Waals surface area contributed by atoms with Gasteiger partial charge in [0.15, 0.2) is 23.0 Å². The maximum atomic E-state index is 11.6. The number of carbonyl (C=O) groups is 1. The Hall–Kier alpha value is -2.93. The van der Waals surface area contributed by atoms with E-state index in [4.69, 9.17) is 28.4 Å². The molecule has 3 atom stereocenters. The van der Waals surface area contributed by atoms with E-state index < -0.39 is 6.29 Å². The van der Waals surface area contributed by atoms with Crippen molar-refractivity contribution in [2.75, 3.05) is 20.2 Å². The van der Waals surface area contributed by atoms with Crippen LogP contribution in [0.1, 0.15) is 18.1 Å². The Bertz CT molecular complexity index is 925. The Morgan fingerprint density at radius 1 is 0.897 bits per heavy atom. The van der Waals surface area contributed by atoms with E-state index >= 15 is 0 Å². The Morgan fingerprint density at radius 2 is 1.48 bits per heavy atom. The molecule has 0 N–H and O–H groups in total. The molecule has 7 nitrogen and oxygen atoms in total. The van der Waals surface area contributed by atoms with Gasteiger partial charge in [-0.1, -0.05) is 12.1 Å². The van der Waals surface area contributed by atoms with Gasteiger partial charge in [0.25, 0.3) is 0 Å². The fourth-order valence-electron chi connectivity index (χ4n) is 4.16. The summed E-state index contributed by atoms with van der Waals surface area (Å²) in [7, 11) is 0. The number of fused-ring (bicyclic) bond motifs is 2. The summed E-state index contributed by atoms with van der Waals surface area (Å²) in [6.45, 7) is 2.44. The third-order valence-electron chi connectivity index (χ3n) is 5.56. The van der Waals surface area contributed by atoms with Crippen LogP contribution in [0.15, 0.2) is 36.4 Å². The quantitative estimate of drug-likeness (QED) is 0.717. The van der Waals surface area contributed by atoms with E-state index in [9.17, 15) is 4.79 Å². The predicted molar refractivity (Wildman–Crippen MR) is 101 cm³/mol. The lowest BCUT2D eigenvalue weighted by Crippen LogP contribution is -2.28. The lowest BCUT2D eigenvalue weighted by Gasteiger charge is -2.23. The van der Waals surface area contributed by atoms with E-state index in [0.717, 1.165) is 40.5 Å². The highest BCUT2D eigenvalue weighted by Crippen LogP contribution is 2.39. The highest BCUT2D eigenvalue weighted by molar-refractivity contribution is 5.66. The average molecular weight is 398 g/mol. The van der Waals surface area contributed by atoms with Crippen LogP contribution in [0.4, 0.5) is 0 Å². The van der Waals surface area contributed by atoms with Crippen LogP contribution in [0.5, 0.6) is 23.0 Å². The van der Waals surface area contributed by atoms with Crippen LogP contribution in [0.25, 0.3) is 0 Å². The van der Waals surface area contributed by atoms with Gasteiger partial charge in [0.1, 0.15) is 0 Å². The van der Waals surface area contributed by atoms with Crippen LogP contribution in [0.3, 0.4) is 0 Å². The molecular formula is C22H22O7. The molecule has 29 heavy (non-hydrogen) atoms. The van der Waals surface area contributed by atoms with Crippen molar-refractivity contribution < 1.29 is 33.2 Å². The molecule has 1 fully saturated rings. The number of ether oxygens (including phenoxy) is 6. The fourth-order valence-corrected chi connectivity index (χ4v) is 4.16. The number of rotatable bonds is 5. The lowest BCUT2D eigenvalue weighted by molar-refractivity contribution is -0.173. The molecule has 7 heteroatoms. The molecule has 3 aliphatic rings. The first-order valence-electron chi connectivity index (χ1n) is 9.71. The molecule has 0 saturated carbocycles. The number of esters is 1. The molecule has 3 heterocycles. The number of carbonyl (C=O) groups excluding carboxylic acids is 1. The summed E-state index contributed by atoms with van der Waals surface area (Å²) >= 11 is 0. The third-order valence-corrected chi connectivity index (χ3v) is 5.56. The minimum Gasteiger partial charge on any atom is -0.454 e. The highest BCUT2D eigenvalue weighted by Gasteiger charge is 2.39. The summed E-state index contributed by atoms with van der Waals surface area (Å²) in [5.74, 6) is 2.93. The monoisotopic (exact) mass is 398 g/mol. The number of hydrogen-bond donors (Lipinski definition) is 0. The van der Waals surface area contributed by atoms with Crippen molar-refractivity contribution in [2.45, 2.75) is 26.1 Å². The third kappa shape index (κ3) is 3.70. The summed E-state index contributed by atoms with van der Waals surface area (Å²) in [5.41, 5.74) is 2.24. The second kappa shape index (κ2) is 7.48. The molecule has 1 unspecified atom stereocenters. The first kappa shape index (κ1) is 18.1. The molecule has 152 valence electrons. The molecule has 2 aromatic carbocycles. The van der Waals surface area contributed by atoms with Crippen molar-refractivity contribution in [1.82, 2.24) is 0 Å². The maximum Gasteiger partial charge on any atom is 0.304 e. The van der Waals surface area contributed by atoms with E-state index in [1.165, 1.54) is 6.92 Å². The molecule has 0 spiro atoms. The first-order chi connectivity index (χ1) is 14.2. The van der Waals surface area contributed by atoms with E-state index in [1.807, 2.05) is 36.4 Å². The smallest absolute Gasteiger partial charge is 0.304 e. The van der Waals surface area contributed by atoms with Crippen molar-refractivity contribution in [1.29, 1.82) is 0 Å².